The molecule has 0 saturated carbocycles. The van der Waals surface area contributed by atoms with E-state index in [1.807, 2.05) is 0 Å². The molecule has 0 heterocycles. The highest BCUT2D eigenvalue weighted by atomic mass is 32.1. The summed E-state index contributed by atoms with van der Waals surface area (Å²) >= 11 is 5.32. The molecule has 0 saturated heterocycles. The predicted molar refractivity (Wildman–Crippen MR) is 235 cm³/mol. The van der Waals surface area contributed by atoms with Crippen LogP contribution in [0.3, 0.4) is 0 Å². The number of benzene rings is 8. The second kappa shape index (κ2) is 16.0. The molecule has 0 aromatic heterocycles. The van der Waals surface area contributed by atoms with Gasteiger partial charge in [-0.1, -0.05) is 182 Å². The lowest BCUT2D eigenvalue weighted by Crippen LogP contribution is -1.96. The largest absolute Gasteiger partial charge is 0.252 e. The van der Waals surface area contributed by atoms with Crippen molar-refractivity contribution in [2.24, 2.45) is 4.99 Å². The quantitative estimate of drug-likeness (QED) is 0.113. The highest BCUT2D eigenvalue weighted by molar-refractivity contribution is 7.90. The SMILES string of the molecule is CC(/C=C(\S)c1c(-c2ccccc2)cc(-c2ccccc2)cc1-c1ccccc1)=N\c1c(-c2ccccc2)cc(-c2ccccc2)cc1-c1ccccc1. The predicted octanol–water partition coefficient (Wildman–Crippen LogP) is 14.8. The van der Waals surface area contributed by atoms with E-state index in [0.717, 1.165) is 83.1 Å². The Hall–Kier alpha value is -6.48. The number of rotatable bonds is 9. The van der Waals surface area contributed by atoms with Crippen LogP contribution in [0, 0.1) is 0 Å². The van der Waals surface area contributed by atoms with Crippen LogP contribution < -0.4 is 0 Å². The van der Waals surface area contributed by atoms with Crippen LogP contribution in [0.2, 0.25) is 0 Å². The lowest BCUT2D eigenvalue weighted by atomic mass is 9.87. The fraction of sp³-hybridized carbons (Fsp3) is 0.0192. The van der Waals surface area contributed by atoms with Gasteiger partial charge >= 0.3 is 0 Å². The van der Waals surface area contributed by atoms with Gasteiger partial charge in [-0.3, -0.25) is 4.99 Å². The molecule has 0 atom stereocenters. The van der Waals surface area contributed by atoms with E-state index in [1.165, 1.54) is 5.56 Å². The molecule has 0 aliphatic rings. The number of allylic oxidation sites excluding steroid dienone is 1. The van der Waals surface area contributed by atoms with Crippen molar-refractivity contribution in [3.05, 3.63) is 218 Å². The van der Waals surface area contributed by atoms with Gasteiger partial charge in [-0.25, -0.2) is 0 Å². The van der Waals surface area contributed by atoms with Gasteiger partial charge in [-0.15, -0.1) is 12.6 Å². The first kappa shape index (κ1) is 34.6. The summed E-state index contributed by atoms with van der Waals surface area (Å²) in [5.74, 6) is 0. The van der Waals surface area contributed by atoms with Crippen LogP contribution in [-0.4, -0.2) is 5.71 Å². The van der Waals surface area contributed by atoms with Crippen LogP contribution in [0.4, 0.5) is 5.69 Å². The molecule has 0 aliphatic heterocycles. The molecule has 54 heavy (non-hydrogen) atoms. The Balaban J connectivity index is 1.36. The number of hydrogen-bond acceptors (Lipinski definition) is 2. The minimum absolute atomic E-state index is 0.844. The summed E-state index contributed by atoms with van der Waals surface area (Å²) in [5.41, 5.74) is 16.4. The summed E-state index contributed by atoms with van der Waals surface area (Å²) in [4.78, 5) is 6.32. The zero-order valence-electron chi connectivity index (χ0n) is 30.1. The molecule has 0 bridgehead atoms. The molecule has 0 unspecified atom stereocenters. The molecule has 1 nitrogen and oxygen atoms in total. The zero-order chi connectivity index (χ0) is 36.7. The van der Waals surface area contributed by atoms with Crippen molar-refractivity contribution in [1.29, 1.82) is 0 Å². The third kappa shape index (κ3) is 7.52. The van der Waals surface area contributed by atoms with E-state index in [9.17, 15) is 0 Å². The van der Waals surface area contributed by atoms with E-state index >= 15 is 0 Å². The number of hydrogen-bond donors (Lipinski definition) is 1. The Bertz CT molecular complexity index is 2440. The van der Waals surface area contributed by atoms with Gasteiger partial charge in [0.25, 0.3) is 0 Å². The Labute approximate surface area is 324 Å². The van der Waals surface area contributed by atoms with E-state index in [1.54, 1.807) is 0 Å². The summed E-state index contributed by atoms with van der Waals surface area (Å²) in [6, 6.07) is 72.7. The smallest absolute Gasteiger partial charge is 0.0789 e. The minimum Gasteiger partial charge on any atom is -0.252 e. The first-order valence-corrected chi connectivity index (χ1v) is 18.7. The summed E-state index contributed by atoms with van der Waals surface area (Å²) in [5, 5.41) is 0. The average Bonchev–Trinajstić information content (AvgIpc) is 3.25. The lowest BCUT2D eigenvalue weighted by molar-refractivity contribution is 1.47. The third-order valence-corrected chi connectivity index (χ3v) is 10.0. The fourth-order valence-corrected chi connectivity index (χ4v) is 7.54. The zero-order valence-corrected chi connectivity index (χ0v) is 31.0. The molecule has 8 aromatic carbocycles. The molecule has 2 heteroatoms. The average molecular weight is 710 g/mol. The van der Waals surface area contributed by atoms with Crippen LogP contribution in [0.1, 0.15) is 12.5 Å². The summed E-state index contributed by atoms with van der Waals surface area (Å²) in [6.07, 6.45) is 2.12. The number of nitrogens with zero attached hydrogens (tertiary/aromatic N) is 1. The van der Waals surface area contributed by atoms with Crippen LogP contribution in [0.5, 0.6) is 0 Å². The third-order valence-electron chi connectivity index (χ3n) is 9.69. The van der Waals surface area contributed by atoms with Crippen LogP contribution >= 0.6 is 12.6 Å². The van der Waals surface area contributed by atoms with Gasteiger partial charge in [0.15, 0.2) is 0 Å². The summed E-state index contributed by atoms with van der Waals surface area (Å²) in [7, 11) is 0. The van der Waals surface area contributed by atoms with Crippen molar-refractivity contribution in [3.63, 3.8) is 0 Å². The molecule has 8 aromatic rings. The molecule has 258 valence electrons. The normalized spacial score (nSPS) is 11.7. The fourth-order valence-electron chi connectivity index (χ4n) is 7.11. The van der Waals surface area contributed by atoms with Crippen LogP contribution in [0.25, 0.3) is 71.7 Å². The van der Waals surface area contributed by atoms with E-state index in [2.05, 4.69) is 219 Å². The van der Waals surface area contributed by atoms with E-state index < -0.39 is 0 Å². The van der Waals surface area contributed by atoms with Crippen molar-refractivity contribution >= 4 is 28.9 Å². The lowest BCUT2D eigenvalue weighted by Gasteiger charge is -2.19. The first-order valence-electron chi connectivity index (χ1n) is 18.3. The summed E-state index contributed by atoms with van der Waals surface area (Å²) < 4.78 is 0. The van der Waals surface area contributed by atoms with Crippen LogP contribution in [0.15, 0.2) is 217 Å². The van der Waals surface area contributed by atoms with Gasteiger partial charge < -0.3 is 0 Å². The molecule has 0 fully saturated rings. The van der Waals surface area contributed by atoms with Gasteiger partial charge in [-0.2, -0.15) is 0 Å². The van der Waals surface area contributed by atoms with Crippen molar-refractivity contribution in [3.8, 4) is 66.8 Å². The number of thiol groups is 1. The van der Waals surface area contributed by atoms with E-state index in [4.69, 9.17) is 17.6 Å². The minimum atomic E-state index is 0.844. The maximum absolute atomic E-state index is 5.47. The molecule has 0 radical (unpaired) electrons. The van der Waals surface area contributed by atoms with Crippen molar-refractivity contribution in [2.75, 3.05) is 0 Å². The second-order valence-corrected chi connectivity index (χ2v) is 13.8. The summed E-state index contributed by atoms with van der Waals surface area (Å²) in [6.45, 7) is 2.08. The Morgan fingerprint density at radius 3 is 0.981 bits per heavy atom. The molecular formula is C52H39NS. The topological polar surface area (TPSA) is 12.4 Å². The number of aliphatic imine (C=N–C) groups is 1. The standard InChI is InChI=1S/C52H39NS/c1-37(53-52-48(42-28-16-6-17-29-42)35-45(39-22-10-3-11-23-39)36-49(52)43-30-18-7-19-31-43)32-50(54)51-46(40-24-12-4-13-25-40)33-44(38-20-8-2-9-21-38)34-47(51)41-26-14-5-15-27-41/h2-36,54H,1H3/b50-32-,53-37+. The van der Waals surface area contributed by atoms with Crippen molar-refractivity contribution in [1.82, 2.24) is 0 Å². The van der Waals surface area contributed by atoms with Crippen LogP contribution in [-0.2, 0) is 0 Å². The van der Waals surface area contributed by atoms with E-state index in [0.29, 0.717) is 0 Å². The highest BCUT2D eigenvalue weighted by Crippen LogP contribution is 2.45. The van der Waals surface area contributed by atoms with Gasteiger partial charge in [-0.05, 0) is 92.9 Å². The Kier molecular flexibility index (Phi) is 10.3. The molecular weight excluding hydrogens is 671 g/mol. The van der Waals surface area contributed by atoms with Gasteiger partial charge in [0.1, 0.15) is 0 Å². The monoisotopic (exact) mass is 709 g/mol. The Morgan fingerprint density at radius 2 is 0.648 bits per heavy atom. The molecule has 8 rings (SSSR count). The second-order valence-electron chi connectivity index (χ2n) is 13.3. The molecule has 0 aliphatic carbocycles. The molecule has 0 spiro atoms. The first-order chi connectivity index (χ1) is 26.6. The maximum Gasteiger partial charge on any atom is 0.0789 e. The maximum atomic E-state index is 5.47. The van der Waals surface area contributed by atoms with Gasteiger partial charge in [0, 0.05) is 27.3 Å². The molecule has 0 N–H and O–H groups in total. The van der Waals surface area contributed by atoms with Crippen molar-refractivity contribution < 1.29 is 0 Å². The molecule has 0 amide bonds. The highest BCUT2D eigenvalue weighted by Gasteiger charge is 2.19. The van der Waals surface area contributed by atoms with Crippen molar-refractivity contribution in [2.45, 2.75) is 6.92 Å². The Morgan fingerprint density at radius 1 is 0.370 bits per heavy atom. The van der Waals surface area contributed by atoms with E-state index in [-0.39, 0.29) is 0 Å². The van der Waals surface area contributed by atoms with Gasteiger partial charge in [0.2, 0.25) is 0 Å². The van der Waals surface area contributed by atoms with Gasteiger partial charge in [0.05, 0.1) is 5.69 Å².